The van der Waals surface area contributed by atoms with E-state index in [0.717, 1.165) is 49.1 Å². The van der Waals surface area contributed by atoms with Crippen LogP contribution in [0.2, 0.25) is 0 Å². The van der Waals surface area contributed by atoms with E-state index in [0.29, 0.717) is 0 Å². The fraction of sp³-hybridized carbons (Fsp3) is 0.611. The van der Waals surface area contributed by atoms with E-state index < -0.39 is 11.7 Å². The summed E-state index contributed by atoms with van der Waals surface area (Å²) in [4.78, 5) is 12.2. The number of rotatable bonds is 3. The van der Waals surface area contributed by atoms with E-state index >= 15 is 0 Å². The first-order chi connectivity index (χ1) is 11.3. The normalized spacial score (nSPS) is 34.4. The minimum absolute atomic E-state index is 0.0175. The molecule has 24 heavy (non-hydrogen) atoms. The van der Waals surface area contributed by atoms with Crippen molar-refractivity contribution in [2.75, 3.05) is 0 Å². The Bertz CT molecular complexity index is 603. The van der Waals surface area contributed by atoms with Crippen molar-refractivity contribution in [2.24, 2.45) is 17.8 Å². The van der Waals surface area contributed by atoms with Gasteiger partial charge in [0.25, 0.3) is 5.91 Å². The molecule has 4 aliphatic rings. The van der Waals surface area contributed by atoms with E-state index in [2.05, 4.69) is 10.9 Å². The number of alkyl halides is 3. The molecule has 4 fully saturated rings. The van der Waals surface area contributed by atoms with Crippen LogP contribution in [-0.2, 0) is 6.18 Å². The predicted octanol–water partition coefficient (Wildman–Crippen LogP) is 3.91. The van der Waals surface area contributed by atoms with Crippen molar-refractivity contribution >= 4 is 5.91 Å². The van der Waals surface area contributed by atoms with Gasteiger partial charge in [-0.2, -0.15) is 13.2 Å². The molecular formula is C18H21F3N2O. The summed E-state index contributed by atoms with van der Waals surface area (Å²) in [6, 6.07) is 4.33. The molecule has 0 unspecified atom stereocenters. The Kier molecular flexibility index (Phi) is 3.64. The summed E-state index contributed by atoms with van der Waals surface area (Å²) in [5.41, 5.74) is 5.47. The average Bonchev–Trinajstić information content (AvgIpc) is 2.51. The number of carbonyl (C=O) groups excluding carboxylic acids is 1. The fourth-order valence-electron chi connectivity index (χ4n) is 5.34. The van der Waals surface area contributed by atoms with Crippen LogP contribution >= 0.6 is 0 Å². The maximum absolute atomic E-state index is 12.6. The summed E-state index contributed by atoms with van der Waals surface area (Å²) in [6.45, 7) is 0. The van der Waals surface area contributed by atoms with Gasteiger partial charge >= 0.3 is 6.18 Å². The van der Waals surface area contributed by atoms with Crippen LogP contribution < -0.4 is 10.9 Å². The molecule has 0 atom stereocenters. The molecule has 4 aliphatic carbocycles. The maximum Gasteiger partial charge on any atom is 0.416 e. The third-order valence-corrected chi connectivity index (χ3v) is 5.95. The van der Waals surface area contributed by atoms with Gasteiger partial charge in [-0.15, -0.1) is 0 Å². The molecule has 0 spiro atoms. The van der Waals surface area contributed by atoms with Gasteiger partial charge in [0.2, 0.25) is 0 Å². The van der Waals surface area contributed by atoms with Crippen molar-refractivity contribution in [3.63, 3.8) is 0 Å². The Morgan fingerprint density at radius 1 is 0.958 bits per heavy atom. The summed E-state index contributed by atoms with van der Waals surface area (Å²) in [6.07, 6.45) is 2.83. The van der Waals surface area contributed by atoms with Crippen LogP contribution in [0.3, 0.4) is 0 Å². The Morgan fingerprint density at radius 2 is 1.46 bits per heavy atom. The third-order valence-electron chi connectivity index (χ3n) is 5.95. The Balaban J connectivity index is 1.40. The molecule has 1 amide bonds. The minimum Gasteiger partial charge on any atom is -0.287 e. The highest BCUT2D eigenvalue weighted by molar-refractivity contribution is 5.93. The zero-order valence-electron chi connectivity index (χ0n) is 13.3. The minimum atomic E-state index is -4.38. The lowest BCUT2D eigenvalue weighted by molar-refractivity contribution is -0.137. The molecule has 2 N–H and O–H groups in total. The second kappa shape index (κ2) is 5.48. The summed E-state index contributed by atoms with van der Waals surface area (Å²) in [5.74, 6) is 1.89. The van der Waals surface area contributed by atoms with Crippen LogP contribution in [0.1, 0.15) is 54.4 Å². The first-order valence-corrected chi connectivity index (χ1v) is 8.58. The van der Waals surface area contributed by atoms with Crippen molar-refractivity contribution in [3.8, 4) is 0 Å². The number of hydrogen-bond acceptors (Lipinski definition) is 2. The lowest BCUT2D eigenvalue weighted by Crippen LogP contribution is -2.62. The molecule has 0 saturated heterocycles. The summed E-state index contributed by atoms with van der Waals surface area (Å²) >= 11 is 0. The largest absolute Gasteiger partial charge is 0.416 e. The zero-order chi connectivity index (χ0) is 16.9. The van der Waals surface area contributed by atoms with Gasteiger partial charge in [0, 0.05) is 11.1 Å². The predicted molar refractivity (Wildman–Crippen MR) is 82.9 cm³/mol. The van der Waals surface area contributed by atoms with Crippen molar-refractivity contribution in [1.82, 2.24) is 10.9 Å². The van der Waals surface area contributed by atoms with Crippen molar-refractivity contribution in [1.29, 1.82) is 0 Å². The third kappa shape index (κ3) is 2.92. The van der Waals surface area contributed by atoms with E-state index in [1.165, 1.54) is 31.4 Å². The molecule has 3 nitrogen and oxygen atoms in total. The van der Waals surface area contributed by atoms with Gasteiger partial charge in [-0.3, -0.25) is 10.2 Å². The van der Waals surface area contributed by atoms with E-state index in [-0.39, 0.29) is 17.0 Å². The van der Waals surface area contributed by atoms with Crippen LogP contribution in [0.15, 0.2) is 24.3 Å². The first-order valence-electron chi connectivity index (χ1n) is 8.58. The van der Waals surface area contributed by atoms with Crippen LogP contribution in [0, 0.1) is 17.8 Å². The monoisotopic (exact) mass is 338 g/mol. The summed E-state index contributed by atoms with van der Waals surface area (Å²) < 4.78 is 37.7. The van der Waals surface area contributed by atoms with Gasteiger partial charge in [0.05, 0.1) is 5.56 Å². The van der Waals surface area contributed by atoms with Crippen LogP contribution in [0.4, 0.5) is 13.2 Å². The van der Waals surface area contributed by atoms with Gasteiger partial charge < -0.3 is 0 Å². The standard InChI is InChI=1S/C18H21F3N2O/c19-18(20,21)15-3-1-14(2-4-15)16(24)22-23-17-8-11-5-12(9-17)7-13(6-11)10-17/h1-4,11-13,23H,5-10H2,(H,22,24). The highest BCUT2D eigenvalue weighted by atomic mass is 19.4. The number of benzene rings is 1. The second-order valence-corrected chi connectivity index (χ2v) is 7.85. The van der Waals surface area contributed by atoms with Gasteiger partial charge in [0.1, 0.15) is 0 Å². The molecule has 4 bridgehead atoms. The van der Waals surface area contributed by atoms with Gasteiger partial charge in [0.15, 0.2) is 0 Å². The number of nitrogens with one attached hydrogen (secondary N) is 2. The van der Waals surface area contributed by atoms with Crippen molar-refractivity contribution < 1.29 is 18.0 Å². The Morgan fingerprint density at radius 3 is 1.92 bits per heavy atom. The number of hydrazine groups is 1. The molecule has 1 aromatic rings. The van der Waals surface area contributed by atoms with Gasteiger partial charge in [-0.05, 0) is 80.5 Å². The second-order valence-electron chi connectivity index (χ2n) is 7.85. The molecule has 6 heteroatoms. The lowest BCUT2D eigenvalue weighted by atomic mass is 9.53. The van der Waals surface area contributed by atoms with Crippen LogP contribution in [-0.4, -0.2) is 11.4 Å². The highest BCUT2D eigenvalue weighted by Gasteiger charge is 2.51. The lowest BCUT2D eigenvalue weighted by Gasteiger charge is -2.56. The molecule has 4 saturated carbocycles. The molecule has 0 radical (unpaired) electrons. The maximum atomic E-state index is 12.6. The molecule has 0 aliphatic heterocycles. The Labute approximate surface area is 139 Å². The molecule has 0 aromatic heterocycles. The van der Waals surface area contributed by atoms with Gasteiger partial charge in [-0.25, -0.2) is 5.43 Å². The topological polar surface area (TPSA) is 41.1 Å². The van der Waals surface area contributed by atoms with Crippen LogP contribution in [0.25, 0.3) is 0 Å². The number of carbonyl (C=O) groups is 1. The molecule has 1 aromatic carbocycles. The first kappa shape index (κ1) is 15.9. The van der Waals surface area contributed by atoms with Gasteiger partial charge in [-0.1, -0.05) is 0 Å². The van der Waals surface area contributed by atoms with Crippen molar-refractivity contribution in [3.05, 3.63) is 35.4 Å². The number of amides is 1. The van der Waals surface area contributed by atoms with E-state index in [9.17, 15) is 18.0 Å². The summed E-state index contributed by atoms with van der Waals surface area (Å²) in [7, 11) is 0. The van der Waals surface area contributed by atoms with E-state index in [1.54, 1.807) is 0 Å². The van der Waals surface area contributed by atoms with E-state index in [1.807, 2.05) is 0 Å². The van der Waals surface area contributed by atoms with Crippen LogP contribution in [0.5, 0.6) is 0 Å². The number of hydrogen-bond donors (Lipinski definition) is 2. The SMILES string of the molecule is O=C(NNC12CC3CC(CC(C3)C1)C2)c1ccc(C(F)(F)F)cc1. The highest BCUT2D eigenvalue weighted by Crippen LogP contribution is 2.55. The molecule has 5 rings (SSSR count). The molecular weight excluding hydrogens is 317 g/mol. The van der Waals surface area contributed by atoms with E-state index in [4.69, 9.17) is 0 Å². The molecule has 0 heterocycles. The average molecular weight is 338 g/mol. The summed E-state index contributed by atoms with van der Waals surface area (Å²) in [5, 5.41) is 0. The van der Waals surface area contributed by atoms with Crippen molar-refractivity contribution in [2.45, 2.75) is 50.2 Å². The molecule has 130 valence electrons. The Hall–Kier alpha value is -1.56. The zero-order valence-corrected chi connectivity index (χ0v) is 13.3. The fourth-order valence-corrected chi connectivity index (χ4v) is 5.34. The number of halogens is 3. The quantitative estimate of drug-likeness (QED) is 0.821. The smallest absolute Gasteiger partial charge is 0.287 e.